The minimum atomic E-state index is -3.68. The Bertz CT molecular complexity index is 515. The highest BCUT2D eigenvalue weighted by Gasteiger charge is 2.48. The summed E-state index contributed by atoms with van der Waals surface area (Å²) in [6.07, 6.45) is 3.73. The van der Waals surface area contributed by atoms with Crippen LogP contribution >= 0.6 is 11.6 Å². The molecule has 3 nitrogen and oxygen atoms in total. The third kappa shape index (κ3) is 5.77. The van der Waals surface area contributed by atoms with E-state index in [0.717, 1.165) is 11.4 Å². The molecule has 0 atom stereocenters. The summed E-state index contributed by atoms with van der Waals surface area (Å²) in [6, 6.07) is 9.24. The molecule has 0 saturated heterocycles. The maximum absolute atomic E-state index is 12.1. The average Bonchev–Trinajstić information content (AvgIpc) is 2.45. The molecular formula is C18H32ClNO2S. The fourth-order valence-electron chi connectivity index (χ4n) is 3.20. The lowest BCUT2D eigenvalue weighted by Crippen LogP contribution is -2.49. The zero-order valence-corrected chi connectivity index (χ0v) is 16.6. The normalized spacial score (nSPS) is 12.2. The first-order valence-electron chi connectivity index (χ1n) is 8.29. The number of alkyl halides is 1. The van der Waals surface area contributed by atoms with Gasteiger partial charge in [0.25, 0.3) is 0 Å². The van der Waals surface area contributed by atoms with Crippen LogP contribution in [0, 0.1) is 11.8 Å². The van der Waals surface area contributed by atoms with Crippen molar-refractivity contribution >= 4 is 21.6 Å². The van der Waals surface area contributed by atoms with Crippen LogP contribution in [-0.2, 0) is 14.8 Å². The SMILES string of the molecule is CC(C)C(c1ccccc1)(C(C)C)S(N)(=O)=O.CCCCCCl. The standard InChI is InChI=1S/C13H21NO2S.C5H11Cl/c1-10(2)13(11(3)4,17(14,15)16)12-8-6-5-7-9-12;1-2-3-4-5-6/h5-11H,1-4H3,(H2,14,15,16);2-5H2,1H3. The molecule has 0 aliphatic rings. The van der Waals surface area contributed by atoms with E-state index >= 15 is 0 Å². The zero-order chi connectivity index (χ0) is 18.1. The number of hydrogen-bond acceptors (Lipinski definition) is 2. The van der Waals surface area contributed by atoms with Crippen LogP contribution in [0.25, 0.3) is 0 Å². The van der Waals surface area contributed by atoms with E-state index in [1.54, 1.807) is 0 Å². The summed E-state index contributed by atoms with van der Waals surface area (Å²) in [6.45, 7) is 9.77. The zero-order valence-electron chi connectivity index (χ0n) is 15.0. The second-order valence-electron chi connectivity index (χ2n) is 6.41. The quantitative estimate of drug-likeness (QED) is 0.554. The highest BCUT2D eigenvalue weighted by Crippen LogP contribution is 2.42. The summed E-state index contributed by atoms with van der Waals surface area (Å²) in [5.74, 6) is 0.660. The maximum Gasteiger partial charge on any atom is 0.219 e. The van der Waals surface area contributed by atoms with Crippen molar-refractivity contribution in [2.24, 2.45) is 17.0 Å². The Hall–Kier alpha value is -0.580. The number of rotatable bonds is 7. The van der Waals surface area contributed by atoms with Gasteiger partial charge in [0.2, 0.25) is 10.0 Å². The number of benzene rings is 1. The maximum atomic E-state index is 12.1. The van der Waals surface area contributed by atoms with Crippen molar-refractivity contribution in [1.29, 1.82) is 0 Å². The molecule has 0 heterocycles. The molecule has 1 aromatic rings. The number of sulfonamides is 1. The predicted molar refractivity (Wildman–Crippen MR) is 101 cm³/mol. The molecule has 134 valence electrons. The topological polar surface area (TPSA) is 60.2 Å². The molecule has 1 rings (SSSR count). The van der Waals surface area contributed by atoms with Gasteiger partial charge in [0.05, 0.1) is 0 Å². The molecule has 0 unspecified atom stereocenters. The fraction of sp³-hybridized carbons (Fsp3) is 0.667. The molecule has 0 radical (unpaired) electrons. The monoisotopic (exact) mass is 361 g/mol. The number of halogens is 1. The van der Waals surface area contributed by atoms with Gasteiger partial charge >= 0.3 is 0 Å². The summed E-state index contributed by atoms with van der Waals surface area (Å²) >= 11 is 5.38. The van der Waals surface area contributed by atoms with E-state index in [-0.39, 0.29) is 11.8 Å². The highest BCUT2D eigenvalue weighted by atomic mass is 35.5. The van der Waals surface area contributed by atoms with E-state index in [2.05, 4.69) is 6.92 Å². The Balaban J connectivity index is 0.000000688. The largest absolute Gasteiger partial charge is 0.228 e. The third-order valence-electron chi connectivity index (χ3n) is 4.15. The molecule has 0 saturated carbocycles. The van der Waals surface area contributed by atoms with Gasteiger partial charge in [0, 0.05) is 5.88 Å². The van der Waals surface area contributed by atoms with Crippen molar-refractivity contribution in [3.63, 3.8) is 0 Å². The fourth-order valence-corrected chi connectivity index (χ4v) is 5.17. The van der Waals surface area contributed by atoms with Gasteiger partial charge in [-0.2, -0.15) is 0 Å². The van der Waals surface area contributed by atoms with Gasteiger partial charge in [-0.1, -0.05) is 77.8 Å². The molecule has 5 heteroatoms. The first-order valence-corrected chi connectivity index (χ1v) is 10.4. The van der Waals surface area contributed by atoms with Gasteiger partial charge in [-0.15, -0.1) is 11.6 Å². The van der Waals surface area contributed by atoms with Crippen LogP contribution in [0.5, 0.6) is 0 Å². The van der Waals surface area contributed by atoms with Crippen LogP contribution in [0.15, 0.2) is 30.3 Å². The lowest BCUT2D eigenvalue weighted by Gasteiger charge is -2.39. The molecule has 2 N–H and O–H groups in total. The predicted octanol–water partition coefficient (Wildman–Crippen LogP) is 4.90. The second kappa shape index (κ2) is 10.3. The van der Waals surface area contributed by atoms with E-state index in [9.17, 15) is 8.42 Å². The molecule has 0 aliphatic heterocycles. The summed E-state index contributed by atoms with van der Waals surface area (Å²) in [5, 5.41) is 5.52. The second-order valence-corrected chi connectivity index (χ2v) is 8.55. The van der Waals surface area contributed by atoms with Gasteiger partial charge in [-0.25, -0.2) is 13.6 Å². The van der Waals surface area contributed by atoms with Crippen LogP contribution in [-0.4, -0.2) is 14.3 Å². The van der Waals surface area contributed by atoms with E-state index < -0.39 is 14.8 Å². The minimum absolute atomic E-state index is 0.0834. The molecule has 0 spiro atoms. The van der Waals surface area contributed by atoms with Crippen molar-refractivity contribution in [3.05, 3.63) is 35.9 Å². The molecule has 0 bridgehead atoms. The summed E-state index contributed by atoms with van der Waals surface area (Å²) in [4.78, 5) is 0. The summed E-state index contributed by atoms with van der Waals surface area (Å²) in [7, 11) is -3.68. The average molecular weight is 362 g/mol. The van der Waals surface area contributed by atoms with Crippen LogP contribution in [0.1, 0.15) is 59.4 Å². The van der Waals surface area contributed by atoms with Gasteiger partial charge in [-0.05, 0) is 23.8 Å². The van der Waals surface area contributed by atoms with E-state index in [0.29, 0.717) is 0 Å². The summed E-state index contributed by atoms with van der Waals surface area (Å²) < 4.78 is 23.2. The molecule has 0 aliphatic carbocycles. The van der Waals surface area contributed by atoms with E-state index in [1.165, 1.54) is 19.3 Å². The van der Waals surface area contributed by atoms with Crippen molar-refractivity contribution in [2.75, 3.05) is 5.88 Å². The van der Waals surface area contributed by atoms with E-state index in [4.69, 9.17) is 16.7 Å². The molecular weight excluding hydrogens is 330 g/mol. The lowest BCUT2D eigenvalue weighted by molar-refractivity contribution is 0.317. The van der Waals surface area contributed by atoms with Crippen LogP contribution in [0.4, 0.5) is 0 Å². The Kier molecular flexibility index (Phi) is 10.1. The molecule has 1 aromatic carbocycles. The van der Waals surface area contributed by atoms with Gasteiger partial charge in [0.1, 0.15) is 4.75 Å². The Labute approximate surface area is 147 Å². The number of unbranched alkanes of at least 4 members (excludes halogenated alkanes) is 2. The highest BCUT2D eigenvalue weighted by molar-refractivity contribution is 7.90. The molecule has 0 aromatic heterocycles. The minimum Gasteiger partial charge on any atom is -0.228 e. The Morgan fingerprint density at radius 1 is 1.04 bits per heavy atom. The number of primary sulfonamides is 1. The van der Waals surface area contributed by atoms with Crippen LogP contribution in [0.3, 0.4) is 0 Å². The van der Waals surface area contributed by atoms with E-state index in [1.807, 2.05) is 58.0 Å². The van der Waals surface area contributed by atoms with Gasteiger partial charge < -0.3 is 0 Å². The van der Waals surface area contributed by atoms with Crippen molar-refractivity contribution in [2.45, 2.75) is 58.6 Å². The molecule has 0 amide bonds. The molecule has 23 heavy (non-hydrogen) atoms. The van der Waals surface area contributed by atoms with Crippen LogP contribution < -0.4 is 5.14 Å². The van der Waals surface area contributed by atoms with Crippen LogP contribution in [0.2, 0.25) is 0 Å². The Morgan fingerprint density at radius 3 is 1.78 bits per heavy atom. The smallest absolute Gasteiger partial charge is 0.219 e. The van der Waals surface area contributed by atoms with Gasteiger partial charge in [-0.3, -0.25) is 0 Å². The van der Waals surface area contributed by atoms with Crippen molar-refractivity contribution in [1.82, 2.24) is 0 Å². The van der Waals surface area contributed by atoms with Crippen molar-refractivity contribution < 1.29 is 8.42 Å². The number of hydrogen-bond donors (Lipinski definition) is 1. The molecule has 0 fully saturated rings. The third-order valence-corrected chi connectivity index (χ3v) is 6.54. The van der Waals surface area contributed by atoms with Gasteiger partial charge in [0.15, 0.2) is 0 Å². The first kappa shape index (κ1) is 22.4. The lowest BCUT2D eigenvalue weighted by atomic mass is 9.79. The summed E-state index contributed by atoms with van der Waals surface area (Å²) in [5.41, 5.74) is 0.771. The number of nitrogens with two attached hydrogens (primary N) is 1. The van der Waals surface area contributed by atoms with Crippen molar-refractivity contribution in [3.8, 4) is 0 Å². The Morgan fingerprint density at radius 2 is 1.52 bits per heavy atom. The first-order chi connectivity index (χ1) is 10.7.